The summed E-state index contributed by atoms with van der Waals surface area (Å²) in [5.74, 6) is -0.586. The van der Waals surface area contributed by atoms with Crippen LogP contribution >= 0.6 is 11.6 Å². The fraction of sp³-hybridized carbons (Fsp3) is 0.0526. The van der Waals surface area contributed by atoms with Gasteiger partial charge in [-0.25, -0.2) is 0 Å². The predicted molar refractivity (Wildman–Crippen MR) is 97.9 cm³/mol. The van der Waals surface area contributed by atoms with Crippen molar-refractivity contribution in [3.05, 3.63) is 77.8 Å². The van der Waals surface area contributed by atoms with Crippen LogP contribution in [0.25, 0.3) is 22.3 Å². The molecule has 3 nitrogen and oxygen atoms in total. The summed E-state index contributed by atoms with van der Waals surface area (Å²) < 4.78 is 63.7. The molecule has 0 N–H and O–H groups in total. The minimum atomic E-state index is -5.78. The lowest BCUT2D eigenvalue weighted by Crippen LogP contribution is -2.28. The molecule has 0 aromatic heterocycles. The van der Waals surface area contributed by atoms with Crippen LogP contribution in [-0.4, -0.2) is 13.9 Å². The Morgan fingerprint density at radius 3 is 1.89 bits per heavy atom. The van der Waals surface area contributed by atoms with Crippen molar-refractivity contribution in [1.82, 2.24) is 0 Å². The molecular weight excluding hydrogens is 401 g/mol. The molecule has 0 aliphatic rings. The molecule has 3 rings (SSSR count). The van der Waals surface area contributed by atoms with Crippen molar-refractivity contribution < 1.29 is 25.8 Å². The summed E-state index contributed by atoms with van der Waals surface area (Å²) in [6.07, 6.45) is 0. The van der Waals surface area contributed by atoms with E-state index < -0.39 is 21.4 Å². The molecule has 0 radical (unpaired) electrons. The Balaban J connectivity index is 1.93. The normalized spacial score (nSPS) is 12.0. The van der Waals surface area contributed by atoms with Crippen LogP contribution in [0.3, 0.4) is 0 Å². The first-order valence-electron chi connectivity index (χ1n) is 7.63. The van der Waals surface area contributed by atoms with Crippen LogP contribution in [0.4, 0.5) is 13.2 Å². The Kier molecular flexibility index (Phi) is 5.17. The van der Waals surface area contributed by atoms with E-state index in [-0.39, 0.29) is 5.02 Å². The van der Waals surface area contributed by atoms with Crippen molar-refractivity contribution in [3.8, 4) is 28.0 Å². The maximum Gasteiger partial charge on any atom is 0.534 e. The number of benzene rings is 3. The highest BCUT2D eigenvalue weighted by Crippen LogP contribution is 2.35. The summed E-state index contributed by atoms with van der Waals surface area (Å²) in [5, 5.41) is -0.245. The van der Waals surface area contributed by atoms with Gasteiger partial charge in [0.1, 0.15) is 0 Å². The third-order valence-corrected chi connectivity index (χ3v) is 4.98. The van der Waals surface area contributed by atoms with Crippen molar-refractivity contribution in [1.29, 1.82) is 0 Å². The second-order valence-electron chi connectivity index (χ2n) is 5.58. The summed E-state index contributed by atoms with van der Waals surface area (Å²) in [5.41, 5.74) is -2.21. The molecule has 140 valence electrons. The zero-order valence-corrected chi connectivity index (χ0v) is 15.1. The third-order valence-electron chi connectivity index (χ3n) is 3.72. The summed E-state index contributed by atoms with van der Waals surface area (Å²) in [4.78, 5) is 0. The lowest BCUT2D eigenvalue weighted by molar-refractivity contribution is -0.0500. The number of halogens is 4. The van der Waals surface area contributed by atoms with E-state index in [1.54, 1.807) is 0 Å². The van der Waals surface area contributed by atoms with Gasteiger partial charge in [-0.15, -0.1) is 0 Å². The van der Waals surface area contributed by atoms with Gasteiger partial charge in [0.05, 0.1) is 5.02 Å². The lowest BCUT2D eigenvalue weighted by Gasteiger charge is -2.12. The average Bonchev–Trinajstić information content (AvgIpc) is 2.63. The Hall–Kier alpha value is -2.51. The van der Waals surface area contributed by atoms with E-state index in [4.69, 9.17) is 11.6 Å². The largest absolute Gasteiger partial charge is 0.534 e. The summed E-state index contributed by atoms with van der Waals surface area (Å²) in [6.45, 7) is 0. The Bertz CT molecular complexity index is 1070. The lowest BCUT2D eigenvalue weighted by atomic mass is 9.99. The van der Waals surface area contributed by atoms with Crippen LogP contribution < -0.4 is 4.18 Å². The average molecular weight is 413 g/mol. The fourth-order valence-electron chi connectivity index (χ4n) is 2.42. The quantitative estimate of drug-likeness (QED) is 0.395. The summed E-state index contributed by atoms with van der Waals surface area (Å²) >= 11 is 5.94. The van der Waals surface area contributed by atoms with Crippen molar-refractivity contribution in [2.45, 2.75) is 5.51 Å². The van der Waals surface area contributed by atoms with Crippen molar-refractivity contribution in [2.24, 2.45) is 0 Å². The maximum atomic E-state index is 12.4. The van der Waals surface area contributed by atoms with Crippen molar-refractivity contribution >= 4 is 21.7 Å². The minimum absolute atomic E-state index is 0.245. The molecule has 0 amide bonds. The second-order valence-corrected chi connectivity index (χ2v) is 7.52. The summed E-state index contributed by atoms with van der Waals surface area (Å²) in [6, 6.07) is 21.0. The molecule has 0 heterocycles. The predicted octanol–water partition coefficient (Wildman–Crippen LogP) is 5.90. The molecule has 0 bridgehead atoms. The van der Waals surface area contributed by atoms with Crippen molar-refractivity contribution in [3.63, 3.8) is 0 Å². The Morgan fingerprint density at radius 2 is 1.30 bits per heavy atom. The van der Waals surface area contributed by atoms with E-state index in [1.807, 2.05) is 54.6 Å². The molecule has 27 heavy (non-hydrogen) atoms. The molecule has 0 unspecified atom stereocenters. The van der Waals surface area contributed by atoms with Gasteiger partial charge in [0.25, 0.3) is 0 Å². The van der Waals surface area contributed by atoms with Crippen LogP contribution in [0.2, 0.25) is 5.02 Å². The molecule has 0 aliphatic carbocycles. The van der Waals surface area contributed by atoms with Gasteiger partial charge in [0.15, 0.2) is 5.75 Å². The highest BCUT2D eigenvalue weighted by Gasteiger charge is 2.48. The summed E-state index contributed by atoms with van der Waals surface area (Å²) in [7, 11) is -5.78. The third kappa shape index (κ3) is 4.26. The number of hydrogen-bond donors (Lipinski definition) is 0. The molecule has 8 heteroatoms. The highest BCUT2D eigenvalue weighted by molar-refractivity contribution is 7.88. The van der Waals surface area contributed by atoms with Crippen molar-refractivity contribution in [2.75, 3.05) is 0 Å². The first kappa shape index (κ1) is 19.3. The van der Waals surface area contributed by atoms with Gasteiger partial charge in [-0.1, -0.05) is 66.2 Å². The Labute approximate surface area is 159 Å². The van der Waals surface area contributed by atoms with E-state index in [2.05, 4.69) is 4.18 Å². The number of hydrogen-bond acceptors (Lipinski definition) is 3. The SMILES string of the molecule is O=S(=O)(Oc1ccc(-c2cccc(-c3ccccc3)c2)cc1Cl)C(F)(F)F. The highest BCUT2D eigenvalue weighted by atomic mass is 35.5. The molecule has 0 spiro atoms. The van der Waals surface area contributed by atoms with Crippen LogP contribution in [0.15, 0.2) is 72.8 Å². The standard InChI is InChI=1S/C19H12ClF3O3S/c20-17-12-16(9-10-18(17)26-27(24,25)19(21,22)23)15-8-4-7-14(11-15)13-5-2-1-3-6-13/h1-12H. The molecule has 0 fully saturated rings. The smallest absolute Gasteiger partial charge is 0.374 e. The minimum Gasteiger partial charge on any atom is -0.374 e. The molecular formula is C19H12ClF3O3S. The molecule has 0 saturated heterocycles. The van der Waals surface area contributed by atoms with E-state index >= 15 is 0 Å². The van der Waals surface area contributed by atoms with Gasteiger partial charge in [-0.3, -0.25) is 0 Å². The van der Waals surface area contributed by atoms with E-state index in [0.29, 0.717) is 5.56 Å². The topological polar surface area (TPSA) is 43.4 Å². The maximum absolute atomic E-state index is 12.4. The second kappa shape index (κ2) is 7.25. The van der Waals surface area contributed by atoms with Crippen LogP contribution in [0.1, 0.15) is 0 Å². The first-order chi connectivity index (χ1) is 12.7. The molecule has 0 aliphatic heterocycles. The van der Waals surface area contributed by atoms with Crippen LogP contribution in [-0.2, 0) is 10.1 Å². The van der Waals surface area contributed by atoms with Gasteiger partial charge < -0.3 is 4.18 Å². The van der Waals surface area contributed by atoms with E-state index in [1.165, 1.54) is 12.1 Å². The van der Waals surface area contributed by atoms with Crippen LogP contribution in [0.5, 0.6) is 5.75 Å². The fourth-order valence-corrected chi connectivity index (χ4v) is 3.16. The molecule has 3 aromatic carbocycles. The van der Waals surface area contributed by atoms with Gasteiger partial charge >= 0.3 is 15.6 Å². The van der Waals surface area contributed by atoms with Gasteiger partial charge in [-0.2, -0.15) is 21.6 Å². The monoisotopic (exact) mass is 412 g/mol. The first-order valence-corrected chi connectivity index (χ1v) is 9.42. The van der Waals surface area contributed by atoms with Gasteiger partial charge in [-0.05, 0) is 40.5 Å². The molecule has 3 aromatic rings. The zero-order chi connectivity index (χ0) is 19.7. The Morgan fingerprint density at radius 1 is 0.741 bits per heavy atom. The molecule has 0 saturated carbocycles. The van der Waals surface area contributed by atoms with Gasteiger partial charge in [0.2, 0.25) is 0 Å². The molecule has 0 atom stereocenters. The van der Waals surface area contributed by atoms with Gasteiger partial charge in [0, 0.05) is 0 Å². The van der Waals surface area contributed by atoms with E-state index in [0.717, 1.165) is 22.8 Å². The number of rotatable bonds is 4. The number of alkyl halides is 3. The van der Waals surface area contributed by atoms with Crippen LogP contribution in [0, 0.1) is 0 Å². The van der Waals surface area contributed by atoms with E-state index in [9.17, 15) is 21.6 Å². The zero-order valence-electron chi connectivity index (χ0n) is 13.6.